The molecule has 2 N–H and O–H groups in total. The Balaban J connectivity index is 1.94. The number of benzene rings is 1. The molecule has 0 atom stereocenters. The average Bonchev–Trinajstić information content (AvgIpc) is 2.79. The monoisotopic (exact) mass is 232 g/mol. The minimum Gasteiger partial charge on any atom is -0.395 e. The van der Waals surface area contributed by atoms with Crippen LogP contribution in [0.5, 0.6) is 0 Å². The molecule has 1 aromatic carbocycles. The van der Waals surface area contributed by atoms with Gasteiger partial charge in [0.25, 0.3) is 0 Å². The van der Waals surface area contributed by atoms with E-state index in [1.54, 1.807) is 12.3 Å². The molecule has 1 aliphatic rings. The summed E-state index contributed by atoms with van der Waals surface area (Å²) in [6.07, 6.45) is 3.75. The number of aromatic nitrogens is 2. The van der Waals surface area contributed by atoms with E-state index in [1.807, 2.05) is 12.3 Å². The molecule has 88 valence electrons. The summed E-state index contributed by atoms with van der Waals surface area (Å²) in [5.41, 5.74) is 6.73. The Morgan fingerprint density at radius 1 is 1.29 bits per heavy atom. The van der Waals surface area contributed by atoms with Crippen molar-refractivity contribution in [1.82, 2.24) is 9.55 Å². The molecule has 0 bridgehead atoms. The number of rotatable bonds is 1. The average molecular weight is 232 g/mol. The number of fused-ring (bicyclic) bond motifs is 1. The summed E-state index contributed by atoms with van der Waals surface area (Å²) in [5, 5.41) is 0. The highest BCUT2D eigenvalue weighted by molar-refractivity contribution is 5.68. The van der Waals surface area contributed by atoms with Crippen molar-refractivity contribution in [2.24, 2.45) is 0 Å². The number of halogens is 1. The first-order valence-corrected chi connectivity index (χ1v) is 5.54. The number of nitrogens with zero attached hydrogens (tertiary/aromatic N) is 3. The molecule has 0 unspecified atom stereocenters. The van der Waals surface area contributed by atoms with Crippen molar-refractivity contribution in [3.05, 3.63) is 42.2 Å². The molecule has 2 heterocycles. The van der Waals surface area contributed by atoms with Crippen LogP contribution in [-0.2, 0) is 13.1 Å². The van der Waals surface area contributed by atoms with Gasteiger partial charge in [-0.15, -0.1) is 0 Å². The molecule has 4 nitrogen and oxygen atoms in total. The van der Waals surface area contributed by atoms with Crippen LogP contribution in [0.1, 0.15) is 5.82 Å². The molecule has 0 fully saturated rings. The number of para-hydroxylation sites is 1. The second-order valence-electron chi connectivity index (χ2n) is 4.13. The zero-order valence-electron chi connectivity index (χ0n) is 9.31. The maximum Gasteiger partial charge on any atom is 0.148 e. The Morgan fingerprint density at radius 3 is 3.06 bits per heavy atom. The van der Waals surface area contributed by atoms with E-state index in [0.29, 0.717) is 6.54 Å². The van der Waals surface area contributed by atoms with Crippen LogP contribution in [0.15, 0.2) is 30.6 Å². The molecule has 5 heteroatoms. The SMILES string of the molecule is Nc1c(F)cccc1N1CCn2ccnc2C1. The van der Waals surface area contributed by atoms with E-state index in [2.05, 4.69) is 14.5 Å². The lowest BCUT2D eigenvalue weighted by molar-refractivity contribution is 0.558. The van der Waals surface area contributed by atoms with Gasteiger partial charge in [0, 0.05) is 25.5 Å². The molecule has 3 rings (SSSR count). The Labute approximate surface area is 98.5 Å². The van der Waals surface area contributed by atoms with Crippen molar-refractivity contribution in [3.8, 4) is 0 Å². The van der Waals surface area contributed by atoms with Gasteiger partial charge in [-0.25, -0.2) is 9.37 Å². The van der Waals surface area contributed by atoms with Gasteiger partial charge in [0.1, 0.15) is 11.6 Å². The summed E-state index contributed by atoms with van der Waals surface area (Å²) < 4.78 is 15.5. The molecule has 1 aromatic heterocycles. The van der Waals surface area contributed by atoms with E-state index >= 15 is 0 Å². The molecule has 0 saturated carbocycles. The van der Waals surface area contributed by atoms with E-state index in [9.17, 15) is 4.39 Å². The highest BCUT2D eigenvalue weighted by Crippen LogP contribution is 2.28. The number of nitrogen functional groups attached to an aromatic ring is 1. The van der Waals surface area contributed by atoms with Gasteiger partial charge in [-0.3, -0.25) is 0 Å². The molecule has 0 amide bonds. The highest BCUT2D eigenvalue weighted by atomic mass is 19.1. The number of imidazole rings is 1. The van der Waals surface area contributed by atoms with Gasteiger partial charge in [0.2, 0.25) is 0 Å². The first-order chi connectivity index (χ1) is 8.25. The number of hydrogen-bond donors (Lipinski definition) is 1. The standard InChI is InChI=1S/C12H13FN4/c13-9-2-1-3-10(12(9)14)17-7-6-16-5-4-15-11(16)8-17/h1-5H,6-8,14H2. The third kappa shape index (κ3) is 1.63. The van der Waals surface area contributed by atoms with Crippen LogP contribution in [0, 0.1) is 5.82 Å². The fraction of sp³-hybridized carbons (Fsp3) is 0.250. The van der Waals surface area contributed by atoms with Crippen molar-refractivity contribution >= 4 is 11.4 Å². The lowest BCUT2D eigenvalue weighted by atomic mass is 10.2. The van der Waals surface area contributed by atoms with Crippen molar-refractivity contribution in [1.29, 1.82) is 0 Å². The van der Waals surface area contributed by atoms with Crippen molar-refractivity contribution in [3.63, 3.8) is 0 Å². The molecular weight excluding hydrogens is 219 g/mol. The Bertz CT molecular complexity index is 549. The fourth-order valence-electron chi connectivity index (χ4n) is 2.18. The predicted molar refractivity (Wildman–Crippen MR) is 64.1 cm³/mol. The lowest BCUT2D eigenvalue weighted by Crippen LogP contribution is -2.34. The van der Waals surface area contributed by atoms with Gasteiger partial charge in [-0.1, -0.05) is 6.07 Å². The van der Waals surface area contributed by atoms with Crippen LogP contribution in [-0.4, -0.2) is 16.1 Å². The molecule has 0 saturated heterocycles. The highest BCUT2D eigenvalue weighted by Gasteiger charge is 2.19. The molecule has 17 heavy (non-hydrogen) atoms. The molecule has 0 aliphatic carbocycles. The van der Waals surface area contributed by atoms with E-state index < -0.39 is 0 Å². The van der Waals surface area contributed by atoms with Gasteiger partial charge in [-0.05, 0) is 12.1 Å². The second kappa shape index (κ2) is 3.76. The zero-order valence-corrected chi connectivity index (χ0v) is 9.31. The van der Waals surface area contributed by atoms with Crippen molar-refractivity contribution in [2.45, 2.75) is 13.1 Å². The molecule has 0 radical (unpaired) electrons. The van der Waals surface area contributed by atoms with Crippen LogP contribution in [0.25, 0.3) is 0 Å². The van der Waals surface area contributed by atoms with Crippen molar-refractivity contribution < 1.29 is 4.39 Å². The first-order valence-electron chi connectivity index (χ1n) is 5.54. The van der Waals surface area contributed by atoms with Crippen LogP contribution in [0.2, 0.25) is 0 Å². The predicted octanol–water partition coefficient (Wildman–Crippen LogP) is 1.62. The molecular formula is C12H13FN4. The third-order valence-corrected chi connectivity index (χ3v) is 3.12. The summed E-state index contributed by atoms with van der Waals surface area (Å²) >= 11 is 0. The summed E-state index contributed by atoms with van der Waals surface area (Å²) in [7, 11) is 0. The lowest BCUT2D eigenvalue weighted by Gasteiger charge is -2.30. The fourth-order valence-corrected chi connectivity index (χ4v) is 2.18. The van der Waals surface area contributed by atoms with Crippen LogP contribution >= 0.6 is 0 Å². The maximum atomic E-state index is 13.4. The van der Waals surface area contributed by atoms with E-state index in [1.165, 1.54) is 6.07 Å². The van der Waals surface area contributed by atoms with E-state index in [4.69, 9.17) is 5.73 Å². The summed E-state index contributed by atoms with van der Waals surface area (Å²) in [5.74, 6) is 0.622. The second-order valence-corrected chi connectivity index (χ2v) is 4.13. The topological polar surface area (TPSA) is 47.1 Å². The van der Waals surface area contributed by atoms with Crippen LogP contribution in [0.3, 0.4) is 0 Å². The maximum absolute atomic E-state index is 13.4. The minimum atomic E-state index is -0.364. The number of nitrogens with two attached hydrogens (primary N) is 1. The van der Waals surface area contributed by atoms with Crippen LogP contribution < -0.4 is 10.6 Å². The van der Waals surface area contributed by atoms with E-state index in [0.717, 1.165) is 24.6 Å². The first kappa shape index (κ1) is 10.1. The van der Waals surface area contributed by atoms with Gasteiger partial charge in [0.05, 0.1) is 17.9 Å². The molecule has 2 aromatic rings. The zero-order chi connectivity index (χ0) is 11.8. The summed E-state index contributed by atoms with van der Waals surface area (Å²) in [6.45, 7) is 2.34. The number of hydrogen-bond acceptors (Lipinski definition) is 3. The van der Waals surface area contributed by atoms with Gasteiger partial charge in [0.15, 0.2) is 0 Å². The molecule has 1 aliphatic heterocycles. The summed E-state index contributed by atoms with van der Waals surface area (Å²) in [4.78, 5) is 6.33. The minimum absolute atomic E-state index is 0.215. The largest absolute Gasteiger partial charge is 0.395 e. The summed E-state index contributed by atoms with van der Waals surface area (Å²) in [6, 6.07) is 4.91. The van der Waals surface area contributed by atoms with Crippen LogP contribution in [0.4, 0.5) is 15.8 Å². The molecule has 0 spiro atoms. The Kier molecular flexibility index (Phi) is 2.24. The quantitative estimate of drug-likeness (QED) is 0.760. The smallest absolute Gasteiger partial charge is 0.148 e. The van der Waals surface area contributed by atoms with Gasteiger partial charge >= 0.3 is 0 Å². The normalized spacial score (nSPS) is 14.8. The van der Waals surface area contributed by atoms with Gasteiger partial charge < -0.3 is 15.2 Å². The van der Waals surface area contributed by atoms with Gasteiger partial charge in [-0.2, -0.15) is 0 Å². The van der Waals surface area contributed by atoms with Crippen molar-refractivity contribution in [2.75, 3.05) is 17.2 Å². The Morgan fingerprint density at radius 2 is 2.18 bits per heavy atom. The number of anilines is 2. The Hall–Kier alpha value is -2.04. The third-order valence-electron chi connectivity index (χ3n) is 3.12. The van der Waals surface area contributed by atoms with E-state index in [-0.39, 0.29) is 11.5 Å².